The first-order valence-electron chi connectivity index (χ1n) is 12.2. The third kappa shape index (κ3) is 4.71. The Morgan fingerprint density at radius 2 is 0.944 bits per heavy atom. The molecule has 0 amide bonds. The Balaban J connectivity index is 0.00000130. The molecule has 0 aliphatic carbocycles. The van der Waals surface area contributed by atoms with Crippen LogP contribution < -0.4 is 5.46 Å². The van der Waals surface area contributed by atoms with E-state index in [0.717, 1.165) is 26.6 Å². The van der Waals surface area contributed by atoms with Crippen LogP contribution in [0.25, 0.3) is 53.6 Å². The summed E-state index contributed by atoms with van der Waals surface area (Å²) in [6, 6.07) is 39.9. The Morgan fingerprint density at radius 1 is 0.472 bits per heavy atom. The Morgan fingerprint density at radius 3 is 1.47 bits per heavy atom. The van der Waals surface area contributed by atoms with E-state index in [9.17, 15) is 10.0 Å². The molecule has 0 fully saturated rings. The molecular weight excluding hydrogens is 459 g/mol. The lowest BCUT2D eigenvalue weighted by Gasteiger charge is -2.11. The zero-order chi connectivity index (χ0) is 25.1. The van der Waals surface area contributed by atoms with Crippen LogP contribution in [-0.2, 0) is 0 Å². The van der Waals surface area contributed by atoms with Crippen LogP contribution in [0.5, 0.6) is 0 Å². The second-order valence-electron chi connectivity index (χ2n) is 8.47. The van der Waals surface area contributed by atoms with Crippen LogP contribution in [0.4, 0.5) is 0 Å². The molecule has 0 aliphatic rings. The number of fused-ring (bicyclic) bond motifs is 3. The summed E-state index contributed by atoms with van der Waals surface area (Å²) in [6.45, 7) is 4.00. The van der Waals surface area contributed by atoms with E-state index in [4.69, 9.17) is 0 Å². The van der Waals surface area contributed by atoms with Crippen LogP contribution in [0, 0.1) is 0 Å². The number of benzene rings is 5. The molecule has 2 nitrogen and oxygen atoms in total. The molecule has 176 valence electrons. The van der Waals surface area contributed by atoms with Crippen molar-refractivity contribution in [3.8, 4) is 33.4 Å². The Labute approximate surface area is 216 Å². The van der Waals surface area contributed by atoms with Crippen LogP contribution >= 0.6 is 11.3 Å². The molecule has 4 heteroatoms. The van der Waals surface area contributed by atoms with E-state index in [1.54, 1.807) is 17.4 Å². The van der Waals surface area contributed by atoms with Gasteiger partial charge in [-0.25, -0.2) is 0 Å². The van der Waals surface area contributed by atoms with Gasteiger partial charge < -0.3 is 10.0 Å². The maximum Gasteiger partial charge on any atom is 0.488 e. The first kappa shape index (κ1) is 24.0. The van der Waals surface area contributed by atoms with Crippen molar-refractivity contribution in [3.05, 3.63) is 115 Å². The van der Waals surface area contributed by atoms with E-state index in [0.29, 0.717) is 5.46 Å². The molecule has 0 radical (unpaired) electrons. The maximum absolute atomic E-state index is 9.66. The molecule has 5 aromatic carbocycles. The van der Waals surface area contributed by atoms with Gasteiger partial charge in [-0.1, -0.05) is 92.7 Å². The topological polar surface area (TPSA) is 40.5 Å². The monoisotopic (exact) mass is 486 g/mol. The predicted molar refractivity (Wildman–Crippen MR) is 157 cm³/mol. The van der Waals surface area contributed by atoms with Crippen molar-refractivity contribution in [2.45, 2.75) is 13.8 Å². The van der Waals surface area contributed by atoms with Crippen LogP contribution in [-0.4, -0.2) is 17.2 Å². The summed E-state index contributed by atoms with van der Waals surface area (Å²) in [7, 11) is -1.47. The molecule has 2 N–H and O–H groups in total. The van der Waals surface area contributed by atoms with Gasteiger partial charge >= 0.3 is 7.12 Å². The molecule has 6 rings (SSSR count). The summed E-state index contributed by atoms with van der Waals surface area (Å²) in [6.07, 6.45) is 0. The van der Waals surface area contributed by atoms with Gasteiger partial charge in [0.1, 0.15) is 0 Å². The quantitative estimate of drug-likeness (QED) is 0.250. The number of hydrogen-bond donors (Lipinski definition) is 2. The third-order valence-electron chi connectivity index (χ3n) is 6.27. The Kier molecular flexibility index (Phi) is 7.01. The standard InChI is InChI=1S/C30H21BO2S.C2H6/c32-31(33)26-12-14-30-28(19-26)27-18-22(11-13-29(27)34-30)25-16-23(20-7-3-1-4-8-20)15-24(17-25)21-9-5-2-6-10-21;1-2/h1-19,32-33H;1-2H3. The molecule has 6 aromatic rings. The van der Waals surface area contributed by atoms with Gasteiger partial charge in [0.25, 0.3) is 0 Å². The molecule has 0 unspecified atom stereocenters. The first-order valence-corrected chi connectivity index (χ1v) is 13.1. The summed E-state index contributed by atoms with van der Waals surface area (Å²) < 4.78 is 2.32. The zero-order valence-electron chi connectivity index (χ0n) is 20.3. The minimum atomic E-state index is -1.47. The normalized spacial score (nSPS) is 10.8. The van der Waals surface area contributed by atoms with Gasteiger partial charge in [-0.15, -0.1) is 11.3 Å². The van der Waals surface area contributed by atoms with Crippen molar-refractivity contribution in [1.29, 1.82) is 0 Å². The minimum absolute atomic E-state index is 0.509. The van der Waals surface area contributed by atoms with E-state index in [1.807, 2.05) is 38.1 Å². The Hall–Kier alpha value is -3.70. The number of thiophene rings is 1. The maximum atomic E-state index is 9.66. The molecule has 1 aromatic heterocycles. The highest BCUT2D eigenvalue weighted by molar-refractivity contribution is 7.25. The fourth-order valence-electron chi connectivity index (χ4n) is 4.52. The van der Waals surface area contributed by atoms with Crippen molar-refractivity contribution in [3.63, 3.8) is 0 Å². The van der Waals surface area contributed by atoms with E-state index in [-0.39, 0.29) is 0 Å². The molecule has 36 heavy (non-hydrogen) atoms. The average Bonchev–Trinajstić information content (AvgIpc) is 3.32. The highest BCUT2D eigenvalue weighted by Crippen LogP contribution is 2.38. The minimum Gasteiger partial charge on any atom is -0.423 e. The predicted octanol–water partition coefficient (Wildman–Crippen LogP) is 7.76. The fourth-order valence-corrected chi connectivity index (χ4v) is 5.59. The molecule has 0 saturated carbocycles. The molecule has 0 atom stereocenters. The van der Waals surface area contributed by atoms with Crippen LogP contribution in [0.2, 0.25) is 0 Å². The molecule has 1 heterocycles. The Bertz CT molecular complexity index is 1570. The SMILES string of the molecule is CC.OB(O)c1ccc2sc3ccc(-c4cc(-c5ccccc5)cc(-c5ccccc5)c4)cc3c2c1. The summed E-state index contributed by atoms with van der Waals surface area (Å²) in [5, 5.41) is 21.5. The average molecular weight is 486 g/mol. The van der Waals surface area contributed by atoms with Gasteiger partial charge in [0.2, 0.25) is 0 Å². The van der Waals surface area contributed by atoms with E-state index < -0.39 is 7.12 Å². The summed E-state index contributed by atoms with van der Waals surface area (Å²) in [5.41, 5.74) is 7.53. The second-order valence-corrected chi connectivity index (χ2v) is 9.56. The molecule has 0 spiro atoms. The van der Waals surface area contributed by atoms with E-state index in [1.165, 1.54) is 27.0 Å². The first-order chi connectivity index (χ1) is 17.7. The molecule has 0 bridgehead atoms. The highest BCUT2D eigenvalue weighted by atomic mass is 32.1. The molecule has 0 aliphatic heterocycles. The lowest BCUT2D eigenvalue weighted by molar-refractivity contribution is 0.426. The summed E-state index contributed by atoms with van der Waals surface area (Å²) in [5.74, 6) is 0. The van der Waals surface area contributed by atoms with Crippen molar-refractivity contribution >= 4 is 44.1 Å². The molecule has 0 saturated heterocycles. The van der Waals surface area contributed by atoms with Gasteiger partial charge in [-0.3, -0.25) is 0 Å². The molecular formula is C32H27BO2S. The van der Waals surface area contributed by atoms with Crippen molar-refractivity contribution < 1.29 is 10.0 Å². The van der Waals surface area contributed by atoms with Gasteiger partial charge in [-0.2, -0.15) is 0 Å². The number of hydrogen-bond acceptors (Lipinski definition) is 3. The third-order valence-corrected chi connectivity index (χ3v) is 7.42. The zero-order valence-corrected chi connectivity index (χ0v) is 21.2. The fraction of sp³-hybridized carbons (Fsp3) is 0.0625. The van der Waals surface area contributed by atoms with Gasteiger partial charge in [0.15, 0.2) is 0 Å². The van der Waals surface area contributed by atoms with Crippen LogP contribution in [0.3, 0.4) is 0 Å². The smallest absolute Gasteiger partial charge is 0.423 e. The summed E-state index contributed by atoms with van der Waals surface area (Å²) >= 11 is 1.72. The lowest BCUT2D eigenvalue weighted by atomic mass is 9.80. The van der Waals surface area contributed by atoms with Crippen molar-refractivity contribution in [1.82, 2.24) is 0 Å². The van der Waals surface area contributed by atoms with Crippen molar-refractivity contribution in [2.75, 3.05) is 0 Å². The second kappa shape index (κ2) is 10.5. The summed E-state index contributed by atoms with van der Waals surface area (Å²) in [4.78, 5) is 0. The van der Waals surface area contributed by atoms with Gasteiger partial charge in [-0.05, 0) is 80.6 Å². The van der Waals surface area contributed by atoms with Crippen LogP contribution in [0.15, 0.2) is 115 Å². The van der Waals surface area contributed by atoms with E-state index in [2.05, 4.69) is 84.9 Å². The highest BCUT2D eigenvalue weighted by Gasteiger charge is 2.14. The van der Waals surface area contributed by atoms with E-state index >= 15 is 0 Å². The van der Waals surface area contributed by atoms with Crippen molar-refractivity contribution in [2.24, 2.45) is 0 Å². The van der Waals surface area contributed by atoms with Gasteiger partial charge in [0, 0.05) is 14.8 Å². The van der Waals surface area contributed by atoms with Gasteiger partial charge in [0.05, 0.1) is 0 Å². The lowest BCUT2D eigenvalue weighted by Crippen LogP contribution is -2.29. The van der Waals surface area contributed by atoms with Crippen LogP contribution in [0.1, 0.15) is 13.8 Å². The largest absolute Gasteiger partial charge is 0.488 e. The number of rotatable bonds is 4.